The van der Waals surface area contributed by atoms with Gasteiger partial charge in [-0.2, -0.15) is 0 Å². The van der Waals surface area contributed by atoms with Crippen LogP contribution >= 0.6 is 15.9 Å². The standard InChI is InChI=1S/C12H15BrO2/c1-7(14)3-9-5-10-4-8(2)15-12(10)11(13)6-9/h5-8,14H,3-4H2,1-2H3. The van der Waals surface area contributed by atoms with E-state index in [2.05, 4.69) is 28.9 Å². The van der Waals surface area contributed by atoms with Crippen LogP contribution in [0, 0.1) is 0 Å². The van der Waals surface area contributed by atoms with Gasteiger partial charge in [0, 0.05) is 6.42 Å². The normalized spacial score (nSPS) is 20.9. The van der Waals surface area contributed by atoms with Gasteiger partial charge in [0.1, 0.15) is 11.9 Å². The van der Waals surface area contributed by atoms with Crippen LogP contribution in [0.5, 0.6) is 5.75 Å². The Kier molecular flexibility index (Phi) is 3.03. The van der Waals surface area contributed by atoms with Crippen molar-refractivity contribution in [3.05, 3.63) is 27.7 Å². The van der Waals surface area contributed by atoms with Gasteiger partial charge in [-0.05, 0) is 53.4 Å². The number of aliphatic hydroxyl groups is 1. The Morgan fingerprint density at radius 2 is 2.33 bits per heavy atom. The third-order valence-electron chi connectivity index (χ3n) is 2.54. The minimum atomic E-state index is -0.297. The van der Waals surface area contributed by atoms with E-state index in [1.54, 1.807) is 6.92 Å². The molecule has 0 amide bonds. The fourth-order valence-electron chi connectivity index (χ4n) is 2.01. The Morgan fingerprint density at radius 1 is 1.60 bits per heavy atom. The average Bonchev–Trinajstić information content (AvgIpc) is 2.44. The maximum Gasteiger partial charge on any atom is 0.137 e. The molecule has 15 heavy (non-hydrogen) atoms. The Balaban J connectivity index is 2.31. The van der Waals surface area contributed by atoms with E-state index >= 15 is 0 Å². The Bertz CT molecular complexity index is 374. The molecule has 0 aliphatic carbocycles. The first-order valence-electron chi connectivity index (χ1n) is 5.22. The molecule has 2 unspecified atom stereocenters. The van der Waals surface area contributed by atoms with E-state index < -0.39 is 0 Å². The summed E-state index contributed by atoms with van der Waals surface area (Å²) < 4.78 is 6.69. The van der Waals surface area contributed by atoms with Gasteiger partial charge >= 0.3 is 0 Å². The lowest BCUT2D eigenvalue weighted by Gasteiger charge is -2.08. The zero-order valence-electron chi connectivity index (χ0n) is 8.96. The van der Waals surface area contributed by atoms with Gasteiger partial charge in [0.25, 0.3) is 0 Å². The van der Waals surface area contributed by atoms with E-state index in [1.165, 1.54) is 5.56 Å². The number of halogens is 1. The van der Waals surface area contributed by atoms with Gasteiger partial charge in [-0.15, -0.1) is 0 Å². The monoisotopic (exact) mass is 270 g/mol. The highest BCUT2D eigenvalue weighted by atomic mass is 79.9. The SMILES string of the molecule is CC(O)Cc1cc(Br)c2c(c1)CC(C)O2. The van der Waals surface area contributed by atoms with Crippen LogP contribution in [0.25, 0.3) is 0 Å². The predicted octanol–water partition coefficient (Wildman–Crippen LogP) is 2.70. The summed E-state index contributed by atoms with van der Waals surface area (Å²) in [5.74, 6) is 0.969. The van der Waals surface area contributed by atoms with Crippen LogP contribution in [0.3, 0.4) is 0 Å². The summed E-state index contributed by atoms with van der Waals surface area (Å²) in [4.78, 5) is 0. The van der Waals surface area contributed by atoms with Crippen LogP contribution in [-0.4, -0.2) is 17.3 Å². The summed E-state index contributed by atoms with van der Waals surface area (Å²) in [6, 6.07) is 4.17. The molecular weight excluding hydrogens is 256 g/mol. The van der Waals surface area contributed by atoms with Crippen LogP contribution in [0.4, 0.5) is 0 Å². The molecule has 1 aromatic carbocycles. The fourth-order valence-corrected chi connectivity index (χ4v) is 2.65. The molecule has 0 aromatic heterocycles. The van der Waals surface area contributed by atoms with Gasteiger partial charge in [-0.3, -0.25) is 0 Å². The van der Waals surface area contributed by atoms with Crippen molar-refractivity contribution in [3.63, 3.8) is 0 Å². The third kappa shape index (κ3) is 2.34. The minimum absolute atomic E-state index is 0.262. The Labute approximate surface area is 98.4 Å². The number of ether oxygens (including phenoxy) is 1. The topological polar surface area (TPSA) is 29.5 Å². The second kappa shape index (κ2) is 4.14. The van der Waals surface area contributed by atoms with Crippen LogP contribution in [0.15, 0.2) is 16.6 Å². The molecule has 0 saturated heterocycles. The molecule has 2 atom stereocenters. The summed E-state index contributed by atoms with van der Waals surface area (Å²) in [7, 11) is 0. The Morgan fingerprint density at radius 3 is 3.00 bits per heavy atom. The summed E-state index contributed by atoms with van der Waals surface area (Å²) in [5, 5.41) is 9.35. The van der Waals surface area contributed by atoms with Crippen molar-refractivity contribution < 1.29 is 9.84 Å². The highest BCUT2D eigenvalue weighted by molar-refractivity contribution is 9.10. The molecule has 0 bridgehead atoms. The maximum absolute atomic E-state index is 9.35. The number of fused-ring (bicyclic) bond motifs is 1. The van der Waals surface area contributed by atoms with E-state index in [1.807, 2.05) is 6.07 Å². The maximum atomic E-state index is 9.35. The highest BCUT2D eigenvalue weighted by Gasteiger charge is 2.22. The molecule has 1 aliphatic heterocycles. The van der Waals surface area contributed by atoms with Crippen LogP contribution in [-0.2, 0) is 12.8 Å². The van der Waals surface area contributed by atoms with Gasteiger partial charge in [0.15, 0.2) is 0 Å². The number of aliphatic hydroxyl groups excluding tert-OH is 1. The van der Waals surface area contributed by atoms with Crippen molar-refractivity contribution in [2.24, 2.45) is 0 Å². The number of hydrogen-bond acceptors (Lipinski definition) is 2. The summed E-state index contributed by atoms with van der Waals surface area (Å²) >= 11 is 3.51. The number of rotatable bonds is 2. The van der Waals surface area contributed by atoms with E-state index in [0.29, 0.717) is 6.42 Å². The van der Waals surface area contributed by atoms with Crippen molar-refractivity contribution in [1.82, 2.24) is 0 Å². The van der Waals surface area contributed by atoms with Crippen molar-refractivity contribution in [3.8, 4) is 5.75 Å². The van der Waals surface area contributed by atoms with E-state index in [-0.39, 0.29) is 12.2 Å². The lowest BCUT2D eigenvalue weighted by Crippen LogP contribution is -2.05. The molecule has 0 saturated carbocycles. The van der Waals surface area contributed by atoms with Crippen LogP contribution in [0.1, 0.15) is 25.0 Å². The molecule has 0 radical (unpaired) electrons. The minimum Gasteiger partial charge on any atom is -0.489 e. The summed E-state index contributed by atoms with van der Waals surface area (Å²) in [5.41, 5.74) is 2.40. The zero-order valence-corrected chi connectivity index (χ0v) is 10.5. The molecule has 1 aliphatic rings. The second-order valence-corrected chi connectivity index (χ2v) is 5.11. The number of hydrogen-bond donors (Lipinski definition) is 1. The molecule has 3 heteroatoms. The molecule has 2 nitrogen and oxygen atoms in total. The first kappa shape index (κ1) is 11.0. The van der Waals surface area contributed by atoms with Crippen molar-refractivity contribution >= 4 is 15.9 Å². The van der Waals surface area contributed by atoms with Gasteiger partial charge in [0.05, 0.1) is 10.6 Å². The highest BCUT2D eigenvalue weighted by Crippen LogP contribution is 2.37. The van der Waals surface area contributed by atoms with Gasteiger partial charge in [-0.1, -0.05) is 6.07 Å². The average molecular weight is 271 g/mol. The van der Waals surface area contributed by atoms with Crippen LogP contribution < -0.4 is 4.74 Å². The first-order valence-corrected chi connectivity index (χ1v) is 6.01. The summed E-state index contributed by atoms with van der Waals surface area (Å²) in [6.07, 6.45) is 1.62. The quantitative estimate of drug-likeness (QED) is 0.896. The van der Waals surface area contributed by atoms with E-state index in [0.717, 1.165) is 22.2 Å². The fraction of sp³-hybridized carbons (Fsp3) is 0.500. The molecule has 2 rings (SSSR count). The molecular formula is C12H15BrO2. The number of benzene rings is 1. The predicted molar refractivity (Wildman–Crippen MR) is 63.3 cm³/mol. The Hall–Kier alpha value is -0.540. The van der Waals surface area contributed by atoms with Crippen molar-refractivity contribution in [2.75, 3.05) is 0 Å². The molecule has 0 fully saturated rings. The van der Waals surface area contributed by atoms with Crippen molar-refractivity contribution in [2.45, 2.75) is 38.9 Å². The van der Waals surface area contributed by atoms with E-state index in [4.69, 9.17) is 4.74 Å². The smallest absolute Gasteiger partial charge is 0.137 e. The van der Waals surface area contributed by atoms with Gasteiger partial charge in [-0.25, -0.2) is 0 Å². The third-order valence-corrected chi connectivity index (χ3v) is 3.13. The molecule has 0 spiro atoms. The lowest BCUT2D eigenvalue weighted by molar-refractivity contribution is 0.195. The van der Waals surface area contributed by atoms with Crippen LogP contribution in [0.2, 0.25) is 0 Å². The second-order valence-electron chi connectivity index (χ2n) is 4.25. The molecule has 82 valence electrons. The van der Waals surface area contributed by atoms with E-state index in [9.17, 15) is 5.11 Å². The molecule has 1 heterocycles. The largest absolute Gasteiger partial charge is 0.489 e. The molecule has 1 N–H and O–H groups in total. The van der Waals surface area contributed by atoms with Crippen molar-refractivity contribution in [1.29, 1.82) is 0 Å². The summed E-state index contributed by atoms with van der Waals surface area (Å²) in [6.45, 7) is 3.88. The molecule has 1 aromatic rings. The van der Waals surface area contributed by atoms with Gasteiger partial charge in [0.2, 0.25) is 0 Å². The zero-order chi connectivity index (χ0) is 11.0. The first-order chi connectivity index (χ1) is 7.06. The van der Waals surface area contributed by atoms with Gasteiger partial charge < -0.3 is 9.84 Å². The lowest BCUT2D eigenvalue weighted by atomic mass is 10.0.